The first-order valence-corrected chi connectivity index (χ1v) is 5.55. The van der Waals surface area contributed by atoms with Gasteiger partial charge < -0.3 is 5.11 Å². The average molecular weight is 220 g/mol. The fourth-order valence-corrected chi connectivity index (χ4v) is 2.62. The second kappa shape index (κ2) is 3.00. The summed E-state index contributed by atoms with van der Waals surface area (Å²) in [7, 11) is 0. The van der Waals surface area contributed by atoms with Crippen LogP contribution in [0.15, 0.2) is 12.3 Å². The smallest absolute Gasteiger partial charge is 0.354 e. The Labute approximate surface area is 89.6 Å². The predicted octanol–water partition coefficient (Wildman–Crippen LogP) is 2.27. The van der Waals surface area contributed by atoms with Crippen LogP contribution in [0.2, 0.25) is 0 Å². The zero-order valence-electron chi connectivity index (χ0n) is 7.80. The fourth-order valence-electron chi connectivity index (χ4n) is 1.47. The Morgan fingerprint density at radius 2 is 2.33 bits per heavy atom. The molecule has 0 spiro atoms. The Balaban J connectivity index is 2.13. The number of carboxylic acids is 1. The van der Waals surface area contributed by atoms with Gasteiger partial charge in [0.05, 0.1) is 21.4 Å². The molecule has 0 bridgehead atoms. The van der Waals surface area contributed by atoms with E-state index >= 15 is 0 Å². The van der Waals surface area contributed by atoms with Crippen molar-refractivity contribution in [2.24, 2.45) is 0 Å². The van der Waals surface area contributed by atoms with Gasteiger partial charge in [-0.05, 0) is 18.9 Å². The minimum atomic E-state index is -0.988. The molecule has 2 aromatic rings. The molecule has 1 saturated carbocycles. The zero-order valence-corrected chi connectivity index (χ0v) is 8.62. The summed E-state index contributed by atoms with van der Waals surface area (Å²) in [5.74, 6) is -0.381. The van der Waals surface area contributed by atoms with Crippen molar-refractivity contribution in [3.8, 4) is 0 Å². The molecule has 0 radical (unpaired) electrons. The molecule has 0 saturated heterocycles. The van der Waals surface area contributed by atoms with Gasteiger partial charge in [0, 0.05) is 5.92 Å². The molecule has 1 fully saturated rings. The molecule has 0 aliphatic heterocycles. The van der Waals surface area contributed by atoms with E-state index in [1.807, 2.05) is 0 Å². The topological polar surface area (TPSA) is 63.1 Å². The first-order chi connectivity index (χ1) is 7.24. The van der Waals surface area contributed by atoms with Crippen LogP contribution >= 0.6 is 11.3 Å². The highest BCUT2D eigenvalue weighted by molar-refractivity contribution is 7.18. The number of aromatic nitrogens is 2. The third kappa shape index (κ3) is 1.48. The molecule has 1 aliphatic carbocycles. The fraction of sp³-hybridized carbons (Fsp3) is 0.300. The van der Waals surface area contributed by atoms with Gasteiger partial charge in [-0.2, -0.15) is 0 Å². The molecule has 0 atom stereocenters. The second-order valence-corrected chi connectivity index (χ2v) is 4.73. The van der Waals surface area contributed by atoms with Crippen LogP contribution < -0.4 is 0 Å². The number of hydrogen-bond donors (Lipinski definition) is 1. The number of carbonyl (C=O) groups is 1. The van der Waals surface area contributed by atoms with Crippen molar-refractivity contribution in [2.45, 2.75) is 18.8 Å². The second-order valence-electron chi connectivity index (χ2n) is 3.67. The maximum atomic E-state index is 10.7. The highest BCUT2D eigenvalue weighted by atomic mass is 32.1. The highest BCUT2D eigenvalue weighted by Gasteiger charge is 2.27. The molecule has 3 rings (SSSR count). The van der Waals surface area contributed by atoms with Crippen molar-refractivity contribution in [1.29, 1.82) is 0 Å². The molecule has 0 unspecified atom stereocenters. The average Bonchev–Trinajstić information content (AvgIpc) is 2.97. The van der Waals surface area contributed by atoms with Gasteiger partial charge in [-0.1, -0.05) is 0 Å². The Morgan fingerprint density at radius 3 is 3.00 bits per heavy atom. The quantitative estimate of drug-likeness (QED) is 0.843. The van der Waals surface area contributed by atoms with Gasteiger partial charge in [0.1, 0.15) is 5.69 Å². The van der Waals surface area contributed by atoms with E-state index in [2.05, 4.69) is 9.97 Å². The number of fused-ring (bicyclic) bond motifs is 1. The summed E-state index contributed by atoms with van der Waals surface area (Å²) in [4.78, 5) is 19.0. The van der Waals surface area contributed by atoms with Gasteiger partial charge in [-0.3, -0.25) is 0 Å². The van der Waals surface area contributed by atoms with Gasteiger partial charge in [0.25, 0.3) is 0 Å². The van der Waals surface area contributed by atoms with Gasteiger partial charge in [-0.15, -0.1) is 11.3 Å². The number of rotatable bonds is 2. The first-order valence-electron chi connectivity index (χ1n) is 4.74. The summed E-state index contributed by atoms with van der Waals surface area (Å²) in [6, 6.07) is 1.60. The lowest BCUT2D eigenvalue weighted by molar-refractivity contribution is 0.0691. The standard InChI is InChI=1S/C10H8N2O2S/c13-10(14)6-3-8-7(4-11-6)12-9(15-8)5-1-2-5/h3-5H,1-2H2,(H,13,14). The van der Waals surface area contributed by atoms with Crippen molar-refractivity contribution in [3.05, 3.63) is 23.0 Å². The maximum Gasteiger partial charge on any atom is 0.354 e. The van der Waals surface area contributed by atoms with Crippen LogP contribution in [0.3, 0.4) is 0 Å². The summed E-state index contributed by atoms with van der Waals surface area (Å²) in [6.07, 6.45) is 3.96. The monoisotopic (exact) mass is 220 g/mol. The number of hydrogen-bond acceptors (Lipinski definition) is 4. The molecule has 1 N–H and O–H groups in total. The van der Waals surface area contributed by atoms with E-state index in [9.17, 15) is 4.79 Å². The molecule has 0 aromatic carbocycles. The molecule has 2 heterocycles. The van der Waals surface area contributed by atoms with Gasteiger partial charge >= 0.3 is 5.97 Å². The SMILES string of the molecule is O=C(O)c1cc2sc(C3CC3)nc2cn1. The van der Waals surface area contributed by atoms with Gasteiger partial charge in [-0.25, -0.2) is 14.8 Å². The summed E-state index contributed by atoms with van der Waals surface area (Å²) in [5, 5.41) is 9.91. The number of nitrogens with zero attached hydrogens (tertiary/aromatic N) is 2. The highest BCUT2D eigenvalue weighted by Crippen LogP contribution is 2.43. The van der Waals surface area contributed by atoms with E-state index in [4.69, 9.17) is 5.11 Å². The number of thiazole rings is 1. The molecule has 0 amide bonds. The van der Waals surface area contributed by atoms with Crippen molar-refractivity contribution in [1.82, 2.24) is 9.97 Å². The van der Waals surface area contributed by atoms with Crippen LogP contribution in [0.25, 0.3) is 10.2 Å². The largest absolute Gasteiger partial charge is 0.477 e. The lowest BCUT2D eigenvalue weighted by atomic mass is 10.3. The van der Waals surface area contributed by atoms with Crippen LogP contribution in [0.5, 0.6) is 0 Å². The van der Waals surface area contributed by atoms with Crippen molar-refractivity contribution in [2.75, 3.05) is 0 Å². The molecular weight excluding hydrogens is 212 g/mol. The van der Waals surface area contributed by atoms with E-state index < -0.39 is 5.97 Å². The molecule has 5 heteroatoms. The molecule has 4 nitrogen and oxygen atoms in total. The summed E-state index contributed by atoms with van der Waals surface area (Å²) < 4.78 is 0.921. The molecule has 1 aliphatic rings. The molecule has 76 valence electrons. The van der Waals surface area contributed by atoms with Crippen molar-refractivity contribution in [3.63, 3.8) is 0 Å². The first kappa shape index (κ1) is 8.79. The Kier molecular flexibility index (Phi) is 1.76. The maximum absolute atomic E-state index is 10.7. The lowest BCUT2D eigenvalue weighted by Crippen LogP contribution is -1.98. The molecule has 15 heavy (non-hydrogen) atoms. The summed E-state index contributed by atoms with van der Waals surface area (Å²) in [5.41, 5.74) is 0.903. The summed E-state index contributed by atoms with van der Waals surface area (Å²) >= 11 is 1.58. The van der Waals surface area contributed by atoms with Gasteiger partial charge in [0.15, 0.2) is 0 Å². The van der Waals surface area contributed by atoms with Crippen LogP contribution in [-0.4, -0.2) is 21.0 Å². The number of aromatic carboxylic acids is 1. The van der Waals surface area contributed by atoms with E-state index in [1.165, 1.54) is 12.8 Å². The van der Waals surface area contributed by atoms with Gasteiger partial charge in [0.2, 0.25) is 0 Å². The van der Waals surface area contributed by atoms with E-state index in [0.717, 1.165) is 15.2 Å². The summed E-state index contributed by atoms with van der Waals surface area (Å²) in [6.45, 7) is 0. The minimum Gasteiger partial charge on any atom is -0.477 e. The van der Waals surface area contributed by atoms with Crippen LogP contribution in [-0.2, 0) is 0 Å². The van der Waals surface area contributed by atoms with E-state index in [0.29, 0.717) is 5.92 Å². The normalized spacial score (nSPS) is 15.7. The third-order valence-corrected chi connectivity index (χ3v) is 3.62. The number of pyridine rings is 1. The lowest BCUT2D eigenvalue weighted by Gasteiger charge is -1.90. The predicted molar refractivity (Wildman–Crippen MR) is 56.3 cm³/mol. The van der Waals surface area contributed by atoms with E-state index in [1.54, 1.807) is 23.6 Å². The van der Waals surface area contributed by atoms with E-state index in [-0.39, 0.29) is 5.69 Å². The van der Waals surface area contributed by atoms with Crippen molar-refractivity contribution < 1.29 is 9.90 Å². The third-order valence-electron chi connectivity index (χ3n) is 2.44. The molecular formula is C10H8N2O2S. The van der Waals surface area contributed by atoms with Crippen LogP contribution in [0, 0.1) is 0 Å². The zero-order chi connectivity index (χ0) is 10.4. The van der Waals surface area contributed by atoms with Crippen LogP contribution in [0.1, 0.15) is 34.3 Å². The Hall–Kier alpha value is -1.49. The van der Waals surface area contributed by atoms with Crippen molar-refractivity contribution >= 4 is 27.5 Å². The Morgan fingerprint density at radius 1 is 1.53 bits per heavy atom. The number of carboxylic acid groups (broad SMARTS) is 1. The molecule has 2 aromatic heterocycles. The Bertz CT molecular complexity index is 545. The van der Waals surface area contributed by atoms with Crippen LogP contribution in [0.4, 0.5) is 0 Å². The minimum absolute atomic E-state index is 0.0912.